The number of H-pyrrole nitrogens is 1. The van der Waals surface area contributed by atoms with E-state index in [9.17, 15) is 4.79 Å². The van der Waals surface area contributed by atoms with Crippen molar-refractivity contribution in [1.29, 1.82) is 0 Å². The first kappa shape index (κ1) is 22.5. The summed E-state index contributed by atoms with van der Waals surface area (Å²) in [5, 5.41) is 10.6. The van der Waals surface area contributed by atoms with Gasteiger partial charge in [-0.15, -0.1) is 0 Å². The molecule has 178 valence electrons. The highest BCUT2D eigenvalue weighted by Gasteiger charge is 2.37. The molecule has 5 rings (SSSR count). The molecule has 1 aliphatic heterocycles. The summed E-state index contributed by atoms with van der Waals surface area (Å²) in [5.74, 6) is 1.56. The maximum atomic E-state index is 13.2. The molecule has 2 saturated carbocycles. The quantitative estimate of drug-likeness (QED) is 0.608. The number of nitrogens with one attached hydrogen (secondary N) is 2. The Hall–Kier alpha value is -2.34. The summed E-state index contributed by atoms with van der Waals surface area (Å²) >= 11 is 0. The fourth-order valence-corrected chi connectivity index (χ4v) is 5.90. The van der Waals surface area contributed by atoms with Crippen LogP contribution in [0.5, 0.6) is 0 Å². The molecule has 2 aromatic rings. The minimum absolute atomic E-state index is 0.0486. The predicted molar refractivity (Wildman–Crippen MR) is 129 cm³/mol. The van der Waals surface area contributed by atoms with E-state index in [4.69, 9.17) is 4.74 Å². The zero-order chi connectivity index (χ0) is 22.5. The predicted octanol–water partition coefficient (Wildman–Crippen LogP) is 5.21. The van der Waals surface area contributed by atoms with E-state index >= 15 is 0 Å². The number of nitrogens with zero attached hydrogens (tertiary/aromatic N) is 2. The number of ether oxygens (including phenoxy) is 1. The Morgan fingerprint density at radius 3 is 2.55 bits per heavy atom. The molecule has 2 atom stereocenters. The summed E-state index contributed by atoms with van der Waals surface area (Å²) < 4.78 is 6.52. The van der Waals surface area contributed by atoms with Crippen LogP contribution in [0, 0.1) is 5.92 Å². The van der Waals surface area contributed by atoms with Crippen LogP contribution in [-0.2, 0) is 4.74 Å². The van der Waals surface area contributed by atoms with Crippen LogP contribution in [0.15, 0.2) is 42.6 Å². The Morgan fingerprint density at radius 1 is 1.03 bits per heavy atom. The van der Waals surface area contributed by atoms with Crippen molar-refractivity contribution in [1.82, 2.24) is 20.4 Å². The molecular weight excluding hydrogens is 412 g/mol. The number of hydrogen-bond donors (Lipinski definition) is 2. The first-order valence-corrected chi connectivity index (χ1v) is 13.0. The number of carbonyl (C=O) groups excluding carboxylic acids is 1. The number of urea groups is 1. The number of likely N-dealkylation sites (tertiary alicyclic amines) is 1. The van der Waals surface area contributed by atoms with Crippen LogP contribution in [0.1, 0.15) is 80.9 Å². The largest absolute Gasteiger partial charge is 0.376 e. The Bertz CT molecular complexity index is 860. The second-order valence-electron chi connectivity index (χ2n) is 10.2. The maximum Gasteiger partial charge on any atom is 0.317 e. The van der Waals surface area contributed by atoms with Gasteiger partial charge in [-0.05, 0) is 74.8 Å². The second-order valence-corrected chi connectivity index (χ2v) is 10.2. The molecule has 6 nitrogen and oxygen atoms in total. The van der Waals surface area contributed by atoms with E-state index in [0.29, 0.717) is 18.4 Å². The van der Waals surface area contributed by atoms with Crippen LogP contribution in [0.25, 0.3) is 0 Å². The minimum Gasteiger partial charge on any atom is -0.376 e. The van der Waals surface area contributed by atoms with E-state index in [0.717, 1.165) is 44.5 Å². The van der Waals surface area contributed by atoms with Gasteiger partial charge >= 0.3 is 6.03 Å². The molecule has 1 saturated heterocycles. The van der Waals surface area contributed by atoms with Gasteiger partial charge in [-0.2, -0.15) is 5.10 Å². The van der Waals surface area contributed by atoms with Crippen LogP contribution >= 0.6 is 0 Å². The molecule has 2 aliphatic carbocycles. The fraction of sp³-hybridized carbons (Fsp3) is 0.630. The number of aromatic amines is 1. The van der Waals surface area contributed by atoms with Crippen molar-refractivity contribution in [3.05, 3.63) is 53.9 Å². The Morgan fingerprint density at radius 2 is 1.85 bits per heavy atom. The Balaban J connectivity index is 1.20. The van der Waals surface area contributed by atoms with Crippen molar-refractivity contribution in [2.45, 2.75) is 81.8 Å². The lowest BCUT2D eigenvalue weighted by Crippen LogP contribution is -2.54. The third-order valence-corrected chi connectivity index (χ3v) is 8.18. The number of rotatable bonds is 7. The molecule has 0 spiro atoms. The smallest absolute Gasteiger partial charge is 0.317 e. The Labute approximate surface area is 197 Å². The molecule has 0 unspecified atom stereocenters. The number of benzene rings is 1. The first-order chi connectivity index (χ1) is 16.3. The highest BCUT2D eigenvalue weighted by molar-refractivity contribution is 5.74. The van der Waals surface area contributed by atoms with Crippen LogP contribution in [-0.4, -0.2) is 53.0 Å². The van der Waals surface area contributed by atoms with Crippen LogP contribution < -0.4 is 5.32 Å². The lowest BCUT2D eigenvalue weighted by molar-refractivity contribution is -0.0172. The van der Waals surface area contributed by atoms with E-state index in [1.54, 1.807) is 0 Å². The summed E-state index contributed by atoms with van der Waals surface area (Å²) in [7, 11) is 0. The van der Waals surface area contributed by atoms with Crippen molar-refractivity contribution >= 4 is 6.03 Å². The summed E-state index contributed by atoms with van der Waals surface area (Å²) in [5.41, 5.74) is 2.57. The van der Waals surface area contributed by atoms with E-state index in [1.807, 2.05) is 11.1 Å². The summed E-state index contributed by atoms with van der Waals surface area (Å²) in [6.45, 7) is 2.21. The van der Waals surface area contributed by atoms with E-state index in [1.165, 1.54) is 37.7 Å². The third kappa shape index (κ3) is 5.43. The van der Waals surface area contributed by atoms with Crippen molar-refractivity contribution in [2.75, 3.05) is 19.7 Å². The van der Waals surface area contributed by atoms with E-state index in [-0.39, 0.29) is 24.1 Å². The molecular formula is C27H38N4O2. The van der Waals surface area contributed by atoms with Gasteiger partial charge in [0.05, 0.1) is 18.8 Å². The van der Waals surface area contributed by atoms with Gasteiger partial charge in [0.2, 0.25) is 0 Å². The fourth-order valence-electron chi connectivity index (χ4n) is 5.90. The monoisotopic (exact) mass is 450 g/mol. The van der Waals surface area contributed by atoms with Gasteiger partial charge in [0, 0.05) is 30.9 Å². The molecule has 0 radical (unpaired) electrons. The van der Waals surface area contributed by atoms with Crippen LogP contribution in [0.3, 0.4) is 0 Å². The molecule has 0 bridgehead atoms. The minimum atomic E-state index is 0.0486. The lowest BCUT2D eigenvalue weighted by atomic mass is 9.82. The Kier molecular flexibility index (Phi) is 7.30. The van der Waals surface area contributed by atoms with Crippen molar-refractivity contribution in [3.8, 4) is 0 Å². The van der Waals surface area contributed by atoms with Gasteiger partial charge in [0.15, 0.2) is 0 Å². The standard InChI is InChI=1S/C27H38N4O2/c32-27(28-18-20-6-4-7-20)31-17-5-10-24(25-15-16-29-30-25)26(31)19-33-23-13-11-22(12-14-23)21-8-2-1-3-9-21/h1-3,8-9,15-16,20,22-24,26H,4-7,10-14,17-19H2,(H,28,32)(H,29,30)/t22?,23?,24-,26+/m1/s1. The number of hydrogen-bond acceptors (Lipinski definition) is 3. The van der Waals surface area contributed by atoms with Crippen LogP contribution in [0.4, 0.5) is 4.79 Å². The van der Waals surface area contributed by atoms with Crippen molar-refractivity contribution in [2.24, 2.45) is 5.92 Å². The third-order valence-electron chi connectivity index (χ3n) is 8.18. The molecule has 33 heavy (non-hydrogen) atoms. The molecule has 2 amide bonds. The molecule has 3 fully saturated rings. The zero-order valence-corrected chi connectivity index (χ0v) is 19.6. The topological polar surface area (TPSA) is 70.2 Å². The normalized spacial score (nSPS) is 28.3. The van der Waals surface area contributed by atoms with Crippen molar-refractivity contribution in [3.63, 3.8) is 0 Å². The van der Waals surface area contributed by atoms with Gasteiger partial charge < -0.3 is 15.0 Å². The SMILES string of the molecule is O=C(NCC1CCC1)N1CCC[C@H](c2ccn[nH]2)[C@@H]1COC1CCC(c2ccccc2)CC1. The molecule has 1 aromatic carbocycles. The van der Waals surface area contributed by atoms with Gasteiger partial charge in [-0.3, -0.25) is 5.10 Å². The summed E-state index contributed by atoms with van der Waals surface area (Å²) in [6.07, 6.45) is 12.5. The summed E-state index contributed by atoms with van der Waals surface area (Å²) in [4.78, 5) is 15.2. The second kappa shape index (κ2) is 10.7. The average molecular weight is 451 g/mol. The van der Waals surface area contributed by atoms with E-state index < -0.39 is 0 Å². The first-order valence-electron chi connectivity index (χ1n) is 13.0. The van der Waals surface area contributed by atoms with Gasteiger partial charge in [0.1, 0.15) is 0 Å². The number of amides is 2. The highest BCUT2D eigenvalue weighted by atomic mass is 16.5. The zero-order valence-electron chi connectivity index (χ0n) is 19.6. The average Bonchev–Trinajstić information content (AvgIpc) is 3.37. The molecule has 2 heterocycles. The maximum absolute atomic E-state index is 13.2. The number of carbonyl (C=O) groups is 1. The van der Waals surface area contributed by atoms with Gasteiger partial charge in [0.25, 0.3) is 0 Å². The molecule has 1 aromatic heterocycles. The van der Waals surface area contributed by atoms with E-state index in [2.05, 4.69) is 51.9 Å². The number of aromatic nitrogens is 2. The lowest BCUT2D eigenvalue weighted by Gasteiger charge is -2.42. The highest BCUT2D eigenvalue weighted by Crippen LogP contribution is 2.36. The van der Waals surface area contributed by atoms with Crippen LogP contribution in [0.2, 0.25) is 0 Å². The van der Waals surface area contributed by atoms with Gasteiger partial charge in [-0.1, -0.05) is 36.8 Å². The summed E-state index contributed by atoms with van der Waals surface area (Å²) in [6, 6.07) is 13.1. The molecule has 2 N–H and O–H groups in total. The number of piperidine rings is 1. The van der Waals surface area contributed by atoms with Gasteiger partial charge in [-0.25, -0.2) is 4.79 Å². The molecule has 3 aliphatic rings. The molecule has 6 heteroatoms. The van der Waals surface area contributed by atoms with Crippen molar-refractivity contribution < 1.29 is 9.53 Å².